The number of rotatable bonds is 2. The van der Waals surface area contributed by atoms with Crippen molar-refractivity contribution in [1.29, 1.82) is 0 Å². The van der Waals surface area contributed by atoms with Crippen molar-refractivity contribution in [2.24, 2.45) is 0 Å². The lowest BCUT2D eigenvalue weighted by molar-refractivity contribution is 0.431. The molecule has 4 aromatic heterocycles. The van der Waals surface area contributed by atoms with Crippen LogP contribution in [0, 0.1) is 0 Å². The number of hydrogen-bond acceptors (Lipinski definition) is 5. The Morgan fingerprint density at radius 2 is 2.08 bits per heavy atom. The third kappa shape index (κ3) is 2.41. The molecule has 0 aliphatic rings. The van der Waals surface area contributed by atoms with Crippen molar-refractivity contribution in [2.75, 3.05) is 0 Å². The number of pyridine rings is 1. The maximum absolute atomic E-state index is 6.03. The SMILES string of the molecule is Clc1ccc2[nH]c(-c3noc(-c4[nH]nc5ncc(Br)cc45)n3)cc2c1. The van der Waals surface area contributed by atoms with Crippen LogP contribution in [0.3, 0.4) is 0 Å². The van der Waals surface area contributed by atoms with Crippen molar-refractivity contribution < 1.29 is 4.52 Å². The van der Waals surface area contributed by atoms with Gasteiger partial charge >= 0.3 is 0 Å². The van der Waals surface area contributed by atoms with Crippen LogP contribution < -0.4 is 0 Å². The molecule has 25 heavy (non-hydrogen) atoms. The molecule has 5 aromatic rings. The van der Waals surface area contributed by atoms with Crippen LogP contribution >= 0.6 is 27.5 Å². The first-order chi connectivity index (χ1) is 12.2. The van der Waals surface area contributed by atoms with E-state index in [1.165, 1.54) is 0 Å². The molecule has 0 radical (unpaired) electrons. The molecule has 0 saturated carbocycles. The Kier molecular flexibility index (Phi) is 3.16. The Morgan fingerprint density at radius 3 is 3.00 bits per heavy atom. The van der Waals surface area contributed by atoms with Crippen molar-refractivity contribution in [3.8, 4) is 23.1 Å². The van der Waals surface area contributed by atoms with Crippen LogP contribution in [0.25, 0.3) is 45.0 Å². The van der Waals surface area contributed by atoms with E-state index in [0.29, 0.717) is 28.1 Å². The molecule has 0 amide bonds. The van der Waals surface area contributed by atoms with Gasteiger partial charge in [-0.15, -0.1) is 0 Å². The number of hydrogen-bond donors (Lipinski definition) is 2. The Bertz CT molecular complexity index is 1240. The van der Waals surface area contributed by atoms with Crippen LogP contribution in [0.1, 0.15) is 0 Å². The monoisotopic (exact) mass is 414 g/mol. The predicted octanol–water partition coefficient (Wildman–Crippen LogP) is 4.57. The van der Waals surface area contributed by atoms with E-state index in [2.05, 4.69) is 46.2 Å². The van der Waals surface area contributed by atoms with Crippen molar-refractivity contribution in [3.63, 3.8) is 0 Å². The van der Waals surface area contributed by atoms with Crippen LogP contribution in [0.4, 0.5) is 0 Å². The van der Waals surface area contributed by atoms with Crippen molar-refractivity contribution in [2.45, 2.75) is 0 Å². The quantitative estimate of drug-likeness (QED) is 0.440. The molecule has 0 spiro atoms. The van der Waals surface area contributed by atoms with Gasteiger partial charge in [0.05, 0.1) is 11.1 Å². The minimum absolute atomic E-state index is 0.342. The van der Waals surface area contributed by atoms with Crippen molar-refractivity contribution in [1.82, 2.24) is 30.3 Å². The van der Waals surface area contributed by atoms with Gasteiger partial charge in [-0.3, -0.25) is 5.10 Å². The summed E-state index contributed by atoms with van der Waals surface area (Å²) >= 11 is 9.43. The fraction of sp³-hybridized carbons (Fsp3) is 0. The summed E-state index contributed by atoms with van der Waals surface area (Å²) in [4.78, 5) is 11.9. The third-order valence-electron chi connectivity index (χ3n) is 3.84. The summed E-state index contributed by atoms with van der Waals surface area (Å²) in [6.07, 6.45) is 1.68. The number of H-pyrrole nitrogens is 2. The molecular weight excluding hydrogens is 408 g/mol. The second kappa shape index (κ2) is 5.40. The summed E-state index contributed by atoms with van der Waals surface area (Å²) in [5.41, 5.74) is 2.90. The lowest BCUT2D eigenvalue weighted by Crippen LogP contribution is -1.82. The maximum Gasteiger partial charge on any atom is 0.277 e. The molecular formula is C16H8BrClN6O. The van der Waals surface area contributed by atoms with Gasteiger partial charge < -0.3 is 9.51 Å². The number of aromatic amines is 2. The van der Waals surface area contributed by atoms with Crippen LogP contribution in [0.15, 0.2) is 45.5 Å². The van der Waals surface area contributed by atoms with Gasteiger partial charge in [0, 0.05) is 26.6 Å². The lowest BCUT2D eigenvalue weighted by atomic mass is 10.2. The van der Waals surface area contributed by atoms with Gasteiger partial charge in [-0.05, 0) is 46.3 Å². The predicted molar refractivity (Wildman–Crippen MR) is 97.2 cm³/mol. The molecule has 0 bridgehead atoms. The van der Waals surface area contributed by atoms with Crippen molar-refractivity contribution >= 4 is 49.5 Å². The molecule has 0 aliphatic heterocycles. The zero-order chi connectivity index (χ0) is 17.0. The summed E-state index contributed by atoms with van der Waals surface area (Å²) in [6.45, 7) is 0. The topological polar surface area (TPSA) is 96.3 Å². The molecule has 2 N–H and O–H groups in total. The number of fused-ring (bicyclic) bond motifs is 2. The van der Waals surface area contributed by atoms with E-state index in [4.69, 9.17) is 16.1 Å². The fourth-order valence-electron chi connectivity index (χ4n) is 2.70. The second-order valence-corrected chi connectivity index (χ2v) is 6.81. The van der Waals surface area contributed by atoms with Crippen LogP contribution in [0.5, 0.6) is 0 Å². The number of nitrogens with one attached hydrogen (secondary N) is 2. The van der Waals surface area contributed by atoms with Crippen molar-refractivity contribution in [3.05, 3.63) is 46.0 Å². The first kappa shape index (κ1) is 14.6. The normalized spacial score (nSPS) is 11.6. The lowest BCUT2D eigenvalue weighted by Gasteiger charge is -1.91. The summed E-state index contributed by atoms with van der Waals surface area (Å²) in [5, 5.41) is 13.6. The molecule has 0 saturated heterocycles. The molecule has 0 unspecified atom stereocenters. The van der Waals surface area contributed by atoms with Gasteiger partial charge in [0.1, 0.15) is 5.69 Å². The van der Waals surface area contributed by atoms with Gasteiger partial charge in [0.15, 0.2) is 5.65 Å². The third-order valence-corrected chi connectivity index (χ3v) is 4.51. The maximum atomic E-state index is 6.03. The highest BCUT2D eigenvalue weighted by Gasteiger charge is 2.17. The molecule has 122 valence electrons. The minimum Gasteiger partial charge on any atom is -0.352 e. The summed E-state index contributed by atoms with van der Waals surface area (Å²) in [6, 6.07) is 9.44. The summed E-state index contributed by atoms with van der Waals surface area (Å²) in [5.74, 6) is 0.794. The van der Waals surface area contributed by atoms with Crippen LogP contribution in [-0.4, -0.2) is 30.3 Å². The zero-order valence-electron chi connectivity index (χ0n) is 12.4. The fourth-order valence-corrected chi connectivity index (χ4v) is 3.21. The molecule has 9 heteroatoms. The average molecular weight is 416 g/mol. The second-order valence-electron chi connectivity index (χ2n) is 5.46. The van der Waals surface area contributed by atoms with E-state index >= 15 is 0 Å². The largest absolute Gasteiger partial charge is 0.352 e. The van der Waals surface area contributed by atoms with Gasteiger partial charge in [0.2, 0.25) is 5.82 Å². The standard InChI is InChI=1S/C16H8BrClN6O/c17-8-5-10-13(22-23-14(10)19-6-8)16-21-15(24-25-16)12-4-7-3-9(18)1-2-11(7)20-12/h1-6,20H,(H,19,22,23). The molecule has 4 heterocycles. The highest BCUT2D eigenvalue weighted by molar-refractivity contribution is 9.10. The molecule has 1 aromatic carbocycles. The van der Waals surface area contributed by atoms with E-state index in [0.717, 1.165) is 26.5 Å². The Hall–Kier alpha value is -2.71. The van der Waals surface area contributed by atoms with E-state index < -0.39 is 0 Å². The first-order valence-electron chi connectivity index (χ1n) is 7.30. The van der Waals surface area contributed by atoms with Gasteiger partial charge in [-0.2, -0.15) is 10.1 Å². The Labute approximate surface area is 153 Å². The molecule has 0 aliphatic carbocycles. The smallest absolute Gasteiger partial charge is 0.277 e. The average Bonchev–Trinajstić information content (AvgIpc) is 3.30. The van der Waals surface area contributed by atoms with E-state index in [1.54, 1.807) is 6.20 Å². The molecule has 5 rings (SSSR count). The zero-order valence-corrected chi connectivity index (χ0v) is 14.8. The highest BCUT2D eigenvalue weighted by Crippen LogP contribution is 2.29. The number of halogens is 2. The van der Waals surface area contributed by atoms with Crippen LogP contribution in [0.2, 0.25) is 5.02 Å². The van der Waals surface area contributed by atoms with Gasteiger partial charge in [-0.1, -0.05) is 16.8 Å². The molecule has 7 nitrogen and oxygen atoms in total. The van der Waals surface area contributed by atoms with E-state index in [9.17, 15) is 0 Å². The summed E-state index contributed by atoms with van der Waals surface area (Å²) in [7, 11) is 0. The van der Waals surface area contributed by atoms with E-state index in [1.807, 2.05) is 30.3 Å². The van der Waals surface area contributed by atoms with Gasteiger partial charge in [-0.25, -0.2) is 4.98 Å². The molecule has 0 fully saturated rings. The highest BCUT2D eigenvalue weighted by atomic mass is 79.9. The minimum atomic E-state index is 0.342. The Morgan fingerprint density at radius 1 is 1.16 bits per heavy atom. The van der Waals surface area contributed by atoms with E-state index in [-0.39, 0.29) is 0 Å². The first-order valence-corrected chi connectivity index (χ1v) is 8.47. The van der Waals surface area contributed by atoms with Gasteiger partial charge in [0.25, 0.3) is 5.89 Å². The number of benzene rings is 1. The summed E-state index contributed by atoms with van der Waals surface area (Å²) < 4.78 is 6.25. The number of nitrogens with zero attached hydrogens (tertiary/aromatic N) is 4. The van der Waals surface area contributed by atoms with Crippen LogP contribution in [-0.2, 0) is 0 Å². The Balaban J connectivity index is 1.61. The number of aromatic nitrogens is 6. The molecule has 0 atom stereocenters.